The molecule has 0 radical (unpaired) electrons. The Kier molecular flexibility index (Phi) is 6.14. The third-order valence-corrected chi connectivity index (χ3v) is 2.17. The smallest absolute Gasteiger partial charge is 0.404 e. The normalized spacial score (nSPS) is 9.74. The first kappa shape index (κ1) is 14.7. The highest BCUT2D eigenvalue weighted by Crippen LogP contribution is 2.04. The van der Waals surface area contributed by atoms with Gasteiger partial charge in [0.2, 0.25) is 0 Å². The summed E-state index contributed by atoms with van der Waals surface area (Å²) in [6.07, 6.45) is 0.112. The third kappa shape index (κ3) is 5.71. The molecule has 0 saturated carbocycles. The summed E-state index contributed by atoms with van der Waals surface area (Å²) < 4.78 is 4.50. The topological polar surface area (TPSA) is 106 Å². The standard InChI is InChI=1S/C12H18N4O3/c1-2-6-14-10-5-3-4-9(16-10)11(17)15-7-8-19-12(13)18/h3-5H,2,6-8H2,1H3,(H2,13,18)(H,14,16)(H,15,17). The number of rotatable bonds is 7. The van der Waals surface area contributed by atoms with Gasteiger partial charge in [-0.15, -0.1) is 0 Å². The lowest BCUT2D eigenvalue weighted by Gasteiger charge is -2.07. The Morgan fingerprint density at radius 3 is 2.84 bits per heavy atom. The number of hydrogen-bond acceptors (Lipinski definition) is 5. The lowest BCUT2D eigenvalue weighted by atomic mass is 10.3. The molecule has 7 nitrogen and oxygen atoms in total. The summed E-state index contributed by atoms with van der Waals surface area (Å²) >= 11 is 0. The average Bonchev–Trinajstić information content (AvgIpc) is 2.41. The van der Waals surface area contributed by atoms with E-state index in [9.17, 15) is 9.59 Å². The molecule has 0 spiro atoms. The van der Waals surface area contributed by atoms with Crippen molar-refractivity contribution in [1.29, 1.82) is 0 Å². The maximum absolute atomic E-state index is 11.7. The number of nitrogens with two attached hydrogens (primary N) is 1. The number of nitrogens with one attached hydrogen (secondary N) is 2. The van der Waals surface area contributed by atoms with Gasteiger partial charge in [-0.05, 0) is 18.6 Å². The molecule has 7 heteroatoms. The molecule has 2 amide bonds. The number of nitrogens with zero attached hydrogens (tertiary/aromatic N) is 1. The van der Waals surface area contributed by atoms with Crippen LogP contribution in [0.2, 0.25) is 0 Å². The van der Waals surface area contributed by atoms with Crippen molar-refractivity contribution >= 4 is 17.8 Å². The highest BCUT2D eigenvalue weighted by Gasteiger charge is 2.07. The number of primary amides is 1. The minimum atomic E-state index is -0.863. The summed E-state index contributed by atoms with van der Waals surface area (Å²) in [7, 11) is 0. The van der Waals surface area contributed by atoms with Crippen LogP contribution in [0.25, 0.3) is 0 Å². The van der Waals surface area contributed by atoms with E-state index in [1.807, 2.05) is 6.92 Å². The quantitative estimate of drug-likeness (QED) is 0.631. The number of pyridine rings is 1. The largest absolute Gasteiger partial charge is 0.448 e. The third-order valence-electron chi connectivity index (χ3n) is 2.17. The maximum Gasteiger partial charge on any atom is 0.404 e. The van der Waals surface area contributed by atoms with Crippen molar-refractivity contribution in [1.82, 2.24) is 10.3 Å². The lowest BCUT2D eigenvalue weighted by molar-refractivity contribution is 0.0932. The van der Waals surface area contributed by atoms with Crippen LogP contribution >= 0.6 is 0 Å². The molecule has 0 saturated heterocycles. The van der Waals surface area contributed by atoms with E-state index in [2.05, 4.69) is 20.4 Å². The van der Waals surface area contributed by atoms with Gasteiger partial charge in [-0.1, -0.05) is 13.0 Å². The van der Waals surface area contributed by atoms with Crippen molar-refractivity contribution in [3.63, 3.8) is 0 Å². The molecule has 1 aromatic heterocycles. The van der Waals surface area contributed by atoms with Gasteiger partial charge >= 0.3 is 6.09 Å². The summed E-state index contributed by atoms with van der Waals surface area (Å²) in [5, 5.41) is 5.67. The fourth-order valence-electron chi connectivity index (χ4n) is 1.32. The van der Waals surface area contributed by atoms with Gasteiger partial charge in [0.05, 0.1) is 6.54 Å². The number of anilines is 1. The zero-order valence-corrected chi connectivity index (χ0v) is 10.8. The van der Waals surface area contributed by atoms with Gasteiger partial charge in [0.25, 0.3) is 5.91 Å². The highest BCUT2D eigenvalue weighted by molar-refractivity contribution is 5.92. The van der Waals surface area contributed by atoms with E-state index in [1.165, 1.54) is 0 Å². The molecule has 0 aromatic carbocycles. The van der Waals surface area contributed by atoms with E-state index in [0.717, 1.165) is 13.0 Å². The van der Waals surface area contributed by atoms with Crippen LogP contribution in [0.3, 0.4) is 0 Å². The molecule has 0 fully saturated rings. The van der Waals surface area contributed by atoms with Crippen LogP contribution in [-0.4, -0.2) is 36.7 Å². The summed E-state index contributed by atoms with van der Waals surface area (Å²) in [6.45, 7) is 3.07. The van der Waals surface area contributed by atoms with Gasteiger partial charge in [0.15, 0.2) is 0 Å². The molecule has 1 aromatic rings. The second-order valence-electron chi connectivity index (χ2n) is 3.76. The van der Waals surface area contributed by atoms with Crippen LogP contribution in [0.4, 0.5) is 10.6 Å². The van der Waals surface area contributed by atoms with Crippen LogP contribution in [-0.2, 0) is 4.74 Å². The molecule has 0 unspecified atom stereocenters. The van der Waals surface area contributed by atoms with Crippen LogP contribution < -0.4 is 16.4 Å². The van der Waals surface area contributed by atoms with Crippen molar-refractivity contribution in [2.45, 2.75) is 13.3 Å². The van der Waals surface area contributed by atoms with Crippen molar-refractivity contribution in [3.05, 3.63) is 23.9 Å². The van der Waals surface area contributed by atoms with E-state index < -0.39 is 6.09 Å². The van der Waals surface area contributed by atoms with Gasteiger partial charge in [-0.2, -0.15) is 0 Å². The van der Waals surface area contributed by atoms with Gasteiger partial charge < -0.3 is 21.1 Å². The highest BCUT2D eigenvalue weighted by atomic mass is 16.5. The molecule has 0 aliphatic rings. The Labute approximate surface area is 111 Å². The monoisotopic (exact) mass is 266 g/mol. The maximum atomic E-state index is 11.7. The molecule has 0 atom stereocenters. The van der Waals surface area contributed by atoms with Crippen molar-refractivity contribution in [2.75, 3.05) is 25.0 Å². The van der Waals surface area contributed by atoms with Gasteiger partial charge in [0, 0.05) is 6.54 Å². The minimum Gasteiger partial charge on any atom is -0.448 e. The van der Waals surface area contributed by atoms with Crippen molar-refractivity contribution in [3.8, 4) is 0 Å². The van der Waals surface area contributed by atoms with Gasteiger partial charge in [0.1, 0.15) is 18.1 Å². The molecule has 0 aliphatic heterocycles. The predicted octanol–water partition coefficient (Wildman–Crippen LogP) is 0.729. The predicted molar refractivity (Wildman–Crippen MR) is 70.9 cm³/mol. The number of amides is 2. The van der Waals surface area contributed by atoms with E-state index in [0.29, 0.717) is 11.5 Å². The summed E-state index contributed by atoms with van der Waals surface area (Å²) in [5.41, 5.74) is 5.10. The van der Waals surface area contributed by atoms with E-state index in [4.69, 9.17) is 5.73 Å². The van der Waals surface area contributed by atoms with E-state index in [1.54, 1.807) is 18.2 Å². The zero-order valence-electron chi connectivity index (χ0n) is 10.8. The molecule has 1 rings (SSSR count). The number of carbonyl (C=O) groups is 2. The summed E-state index contributed by atoms with van der Waals surface area (Å²) in [5.74, 6) is 0.330. The molecule has 104 valence electrons. The van der Waals surface area contributed by atoms with E-state index in [-0.39, 0.29) is 19.1 Å². The van der Waals surface area contributed by atoms with Crippen LogP contribution in [0.5, 0.6) is 0 Å². The molecule has 4 N–H and O–H groups in total. The zero-order chi connectivity index (χ0) is 14.1. The first-order valence-corrected chi connectivity index (χ1v) is 6.05. The van der Waals surface area contributed by atoms with Crippen LogP contribution in [0.15, 0.2) is 18.2 Å². The van der Waals surface area contributed by atoms with Gasteiger partial charge in [-0.25, -0.2) is 9.78 Å². The molecule has 19 heavy (non-hydrogen) atoms. The average molecular weight is 266 g/mol. The Balaban J connectivity index is 2.45. The number of aromatic nitrogens is 1. The Morgan fingerprint density at radius 2 is 2.16 bits per heavy atom. The van der Waals surface area contributed by atoms with Crippen molar-refractivity contribution < 1.29 is 14.3 Å². The summed E-state index contributed by atoms with van der Waals surface area (Å²) in [6, 6.07) is 5.16. The number of carbonyl (C=O) groups excluding carboxylic acids is 2. The molecular weight excluding hydrogens is 248 g/mol. The Bertz CT molecular complexity index is 437. The molecule has 1 heterocycles. The summed E-state index contributed by atoms with van der Waals surface area (Å²) in [4.78, 5) is 26.2. The molecular formula is C12H18N4O3. The minimum absolute atomic E-state index is 0.0366. The lowest BCUT2D eigenvalue weighted by Crippen LogP contribution is -2.29. The van der Waals surface area contributed by atoms with Gasteiger partial charge in [-0.3, -0.25) is 4.79 Å². The number of ether oxygens (including phenoxy) is 1. The Hall–Kier alpha value is -2.31. The SMILES string of the molecule is CCCNc1cccc(C(=O)NCCOC(N)=O)n1. The van der Waals surface area contributed by atoms with Crippen LogP contribution in [0.1, 0.15) is 23.8 Å². The van der Waals surface area contributed by atoms with Crippen LogP contribution in [0, 0.1) is 0 Å². The second kappa shape index (κ2) is 7.91. The Morgan fingerprint density at radius 1 is 1.37 bits per heavy atom. The van der Waals surface area contributed by atoms with E-state index >= 15 is 0 Å². The molecule has 0 bridgehead atoms. The molecule has 0 aliphatic carbocycles. The second-order valence-corrected chi connectivity index (χ2v) is 3.76. The van der Waals surface area contributed by atoms with Crippen molar-refractivity contribution in [2.24, 2.45) is 5.73 Å². The fourth-order valence-corrected chi connectivity index (χ4v) is 1.32. The fraction of sp³-hybridized carbons (Fsp3) is 0.417. The first-order valence-electron chi connectivity index (χ1n) is 6.05. The number of hydrogen-bond donors (Lipinski definition) is 3. The first-order chi connectivity index (χ1) is 9.13.